The molecule has 2 atom stereocenters. The van der Waals surface area contributed by atoms with E-state index in [-0.39, 0.29) is 18.2 Å². The van der Waals surface area contributed by atoms with E-state index in [0.29, 0.717) is 5.56 Å². The number of rotatable bonds is 7. The lowest BCUT2D eigenvalue weighted by molar-refractivity contribution is -0.147. The quantitative estimate of drug-likeness (QED) is 0.697. The van der Waals surface area contributed by atoms with Crippen LogP contribution in [0.1, 0.15) is 43.2 Å². The number of hydrogen-bond acceptors (Lipinski definition) is 4. The van der Waals surface area contributed by atoms with E-state index in [1.807, 2.05) is 6.07 Å². The number of nitriles is 1. The van der Waals surface area contributed by atoms with Crippen LogP contribution in [0, 0.1) is 23.2 Å². The predicted octanol–water partition coefficient (Wildman–Crippen LogP) is 1.95. The summed E-state index contributed by atoms with van der Waals surface area (Å²) >= 11 is 0. The Balaban J connectivity index is 2.18. The molecule has 1 aromatic rings. The number of carboxylic acids is 1. The topological polar surface area (TPSA) is 111 Å². The fraction of sp³-hybridized carbons (Fsp3) is 0.524. The van der Waals surface area contributed by atoms with Gasteiger partial charge in [0.1, 0.15) is 12.0 Å². The van der Waals surface area contributed by atoms with E-state index < -0.39 is 23.8 Å². The van der Waals surface area contributed by atoms with Gasteiger partial charge in [0, 0.05) is 14.1 Å². The highest BCUT2D eigenvalue weighted by atomic mass is 16.4. The first-order chi connectivity index (χ1) is 13.3. The SMILES string of the molecule is CN(C)C(=O)C(Cc1ccc(C#N)cc1)C(=O)N[C@H](C(=O)O)C1CCCCC1. The molecule has 0 radical (unpaired) electrons. The first kappa shape index (κ1) is 21.4. The molecule has 2 amide bonds. The minimum atomic E-state index is -1.06. The number of nitrogens with one attached hydrogen (secondary N) is 1. The third-order valence-corrected chi connectivity index (χ3v) is 5.26. The number of amides is 2. The second-order valence-electron chi connectivity index (χ2n) is 7.52. The summed E-state index contributed by atoms with van der Waals surface area (Å²) in [6, 6.07) is 7.72. The molecule has 7 nitrogen and oxygen atoms in total. The third kappa shape index (κ3) is 5.56. The van der Waals surface area contributed by atoms with Gasteiger partial charge in [0.05, 0.1) is 11.6 Å². The Hall–Kier alpha value is -2.88. The molecule has 1 saturated carbocycles. The van der Waals surface area contributed by atoms with Crippen molar-refractivity contribution in [2.75, 3.05) is 14.1 Å². The lowest BCUT2D eigenvalue weighted by Gasteiger charge is -2.29. The van der Waals surface area contributed by atoms with E-state index in [2.05, 4.69) is 5.32 Å². The first-order valence-electron chi connectivity index (χ1n) is 9.57. The van der Waals surface area contributed by atoms with E-state index in [9.17, 15) is 19.5 Å². The molecular weight excluding hydrogens is 358 g/mol. The van der Waals surface area contributed by atoms with Crippen LogP contribution in [0.2, 0.25) is 0 Å². The summed E-state index contributed by atoms with van der Waals surface area (Å²) in [5.74, 6) is -3.14. The zero-order valence-corrected chi connectivity index (χ0v) is 16.4. The van der Waals surface area contributed by atoms with Crippen molar-refractivity contribution in [3.63, 3.8) is 0 Å². The highest BCUT2D eigenvalue weighted by molar-refractivity contribution is 6.01. The molecule has 1 aliphatic carbocycles. The summed E-state index contributed by atoms with van der Waals surface area (Å²) in [5.41, 5.74) is 1.23. The standard InChI is InChI=1S/C21H27N3O4/c1-24(2)20(26)17(12-14-8-10-15(13-22)11-9-14)19(25)23-18(21(27)28)16-6-4-3-5-7-16/h8-11,16-18H,3-7,12H2,1-2H3,(H,23,25)(H,27,28)/t17?,18-/m0/s1. The zero-order valence-electron chi connectivity index (χ0n) is 16.4. The predicted molar refractivity (Wildman–Crippen MR) is 103 cm³/mol. The second-order valence-corrected chi connectivity index (χ2v) is 7.52. The Morgan fingerprint density at radius 1 is 1.18 bits per heavy atom. The maximum absolute atomic E-state index is 12.9. The van der Waals surface area contributed by atoms with Gasteiger partial charge >= 0.3 is 5.97 Å². The maximum atomic E-state index is 12.9. The number of carboxylic acid groups (broad SMARTS) is 1. The van der Waals surface area contributed by atoms with Gasteiger partial charge in [-0.2, -0.15) is 5.26 Å². The van der Waals surface area contributed by atoms with Crippen LogP contribution < -0.4 is 5.32 Å². The lowest BCUT2D eigenvalue weighted by atomic mass is 9.83. The molecule has 0 aliphatic heterocycles. The van der Waals surface area contributed by atoms with E-state index >= 15 is 0 Å². The van der Waals surface area contributed by atoms with Crippen molar-refractivity contribution < 1.29 is 19.5 Å². The first-order valence-corrected chi connectivity index (χ1v) is 9.57. The van der Waals surface area contributed by atoms with Crippen molar-refractivity contribution in [2.45, 2.75) is 44.6 Å². The molecule has 2 rings (SSSR count). The second kappa shape index (κ2) is 9.88. The van der Waals surface area contributed by atoms with Crippen LogP contribution in [0.3, 0.4) is 0 Å². The van der Waals surface area contributed by atoms with Crippen LogP contribution in [0.4, 0.5) is 0 Å². The van der Waals surface area contributed by atoms with E-state index in [1.54, 1.807) is 38.4 Å². The van der Waals surface area contributed by atoms with Gasteiger partial charge in [-0.15, -0.1) is 0 Å². The number of aliphatic carboxylic acids is 1. The van der Waals surface area contributed by atoms with Gasteiger partial charge in [0.2, 0.25) is 11.8 Å². The molecule has 0 heterocycles. The molecule has 1 aliphatic rings. The summed E-state index contributed by atoms with van der Waals surface area (Å²) in [4.78, 5) is 38.6. The zero-order chi connectivity index (χ0) is 20.7. The average Bonchev–Trinajstić information content (AvgIpc) is 2.70. The fourth-order valence-electron chi connectivity index (χ4n) is 3.66. The molecule has 0 saturated heterocycles. The summed E-state index contributed by atoms with van der Waals surface area (Å²) in [6.07, 6.45) is 4.66. The normalized spacial score (nSPS) is 16.5. The fourth-order valence-corrected chi connectivity index (χ4v) is 3.66. The Kier molecular flexibility index (Phi) is 7.56. The molecule has 28 heavy (non-hydrogen) atoms. The van der Waals surface area contributed by atoms with Gasteiger partial charge < -0.3 is 15.3 Å². The largest absolute Gasteiger partial charge is 0.480 e. The van der Waals surface area contributed by atoms with Gasteiger partial charge in [0.25, 0.3) is 0 Å². The summed E-state index contributed by atoms with van der Waals surface area (Å²) in [6.45, 7) is 0. The van der Waals surface area contributed by atoms with Gasteiger partial charge in [-0.3, -0.25) is 9.59 Å². The number of nitrogens with zero attached hydrogens (tertiary/aromatic N) is 2. The van der Waals surface area contributed by atoms with Crippen molar-refractivity contribution in [2.24, 2.45) is 11.8 Å². The molecule has 1 unspecified atom stereocenters. The monoisotopic (exact) mass is 385 g/mol. The van der Waals surface area contributed by atoms with E-state index in [4.69, 9.17) is 5.26 Å². The van der Waals surface area contributed by atoms with Crippen LogP contribution in [0.5, 0.6) is 0 Å². The summed E-state index contributed by atoms with van der Waals surface area (Å²) < 4.78 is 0. The highest BCUT2D eigenvalue weighted by Gasteiger charge is 2.35. The van der Waals surface area contributed by atoms with Crippen molar-refractivity contribution in [1.29, 1.82) is 5.26 Å². The van der Waals surface area contributed by atoms with Crippen LogP contribution in [0.25, 0.3) is 0 Å². The van der Waals surface area contributed by atoms with Crippen LogP contribution in [0.15, 0.2) is 24.3 Å². The molecular formula is C21H27N3O4. The lowest BCUT2D eigenvalue weighted by Crippen LogP contribution is -2.51. The Morgan fingerprint density at radius 3 is 2.29 bits per heavy atom. The molecule has 2 N–H and O–H groups in total. The number of carbonyl (C=O) groups excluding carboxylic acids is 2. The summed E-state index contributed by atoms with van der Waals surface area (Å²) in [7, 11) is 3.13. The average molecular weight is 385 g/mol. The maximum Gasteiger partial charge on any atom is 0.326 e. The van der Waals surface area contributed by atoms with Crippen LogP contribution >= 0.6 is 0 Å². The Bertz CT molecular complexity index is 746. The van der Waals surface area contributed by atoms with Crippen molar-refractivity contribution in [3.05, 3.63) is 35.4 Å². The van der Waals surface area contributed by atoms with E-state index in [1.165, 1.54) is 4.90 Å². The van der Waals surface area contributed by atoms with Gasteiger partial charge in [-0.1, -0.05) is 31.4 Å². The molecule has 0 bridgehead atoms. The van der Waals surface area contributed by atoms with Crippen molar-refractivity contribution in [3.8, 4) is 6.07 Å². The number of hydrogen-bond donors (Lipinski definition) is 2. The van der Waals surface area contributed by atoms with Crippen LogP contribution in [-0.2, 0) is 20.8 Å². The van der Waals surface area contributed by atoms with Crippen molar-refractivity contribution >= 4 is 17.8 Å². The summed E-state index contributed by atoms with van der Waals surface area (Å²) in [5, 5.41) is 21.1. The minimum Gasteiger partial charge on any atom is -0.480 e. The highest BCUT2D eigenvalue weighted by Crippen LogP contribution is 2.27. The molecule has 1 fully saturated rings. The van der Waals surface area contributed by atoms with E-state index in [0.717, 1.165) is 37.7 Å². The number of benzene rings is 1. The minimum absolute atomic E-state index is 0.111. The van der Waals surface area contributed by atoms with Gasteiger partial charge in [-0.05, 0) is 42.9 Å². The molecule has 0 aromatic heterocycles. The van der Waals surface area contributed by atoms with Gasteiger partial charge in [0.15, 0.2) is 0 Å². The Labute approximate surface area is 165 Å². The molecule has 150 valence electrons. The molecule has 7 heteroatoms. The third-order valence-electron chi connectivity index (χ3n) is 5.26. The van der Waals surface area contributed by atoms with Crippen molar-refractivity contribution in [1.82, 2.24) is 10.2 Å². The molecule has 0 spiro atoms. The smallest absolute Gasteiger partial charge is 0.326 e. The Morgan fingerprint density at radius 2 is 1.79 bits per heavy atom. The van der Waals surface area contributed by atoms with Crippen LogP contribution in [-0.4, -0.2) is 47.9 Å². The molecule has 1 aromatic carbocycles. The number of carbonyl (C=O) groups is 3. The van der Waals surface area contributed by atoms with Gasteiger partial charge in [-0.25, -0.2) is 4.79 Å².